The van der Waals surface area contributed by atoms with Crippen molar-refractivity contribution in [2.24, 2.45) is 0 Å². The van der Waals surface area contributed by atoms with Gasteiger partial charge in [0.25, 0.3) is 0 Å². The second-order valence-corrected chi connectivity index (χ2v) is 22.0. The highest BCUT2D eigenvalue weighted by Gasteiger charge is 2.19. The molecule has 0 saturated heterocycles. The van der Waals surface area contributed by atoms with Gasteiger partial charge in [0.15, 0.2) is 6.10 Å². The van der Waals surface area contributed by atoms with Gasteiger partial charge in [-0.1, -0.05) is 315 Å². The maximum atomic E-state index is 12.9. The lowest BCUT2D eigenvalue weighted by Crippen LogP contribution is -2.30. The minimum absolute atomic E-state index is 0.0647. The van der Waals surface area contributed by atoms with E-state index >= 15 is 0 Å². The molecule has 1 unspecified atom stereocenters. The first-order chi connectivity index (χ1) is 35.0. The van der Waals surface area contributed by atoms with Crippen LogP contribution in [0.15, 0.2) is 12.2 Å². The van der Waals surface area contributed by atoms with Crippen molar-refractivity contribution in [1.29, 1.82) is 0 Å². The molecule has 1 atom stereocenters. The van der Waals surface area contributed by atoms with Crippen molar-refractivity contribution in [3.63, 3.8) is 0 Å². The van der Waals surface area contributed by atoms with Crippen LogP contribution < -0.4 is 0 Å². The molecule has 0 aliphatic heterocycles. The molecule has 0 fully saturated rings. The molecule has 0 N–H and O–H groups in total. The summed E-state index contributed by atoms with van der Waals surface area (Å²) in [4.78, 5) is 38.3. The number of hydrogen-bond donors (Lipinski definition) is 0. The average molecular weight is 1000 g/mol. The molecule has 0 bridgehead atoms. The fraction of sp³-hybridized carbons (Fsp3) is 0.923. The quantitative estimate of drug-likeness (QED) is 0.0261. The van der Waals surface area contributed by atoms with Gasteiger partial charge >= 0.3 is 17.9 Å². The smallest absolute Gasteiger partial charge is 0.306 e. The fourth-order valence-corrected chi connectivity index (χ4v) is 9.91. The van der Waals surface area contributed by atoms with Crippen LogP contribution in [0.25, 0.3) is 0 Å². The van der Waals surface area contributed by atoms with E-state index in [0.717, 1.165) is 57.8 Å². The second kappa shape index (κ2) is 60.7. The van der Waals surface area contributed by atoms with Crippen molar-refractivity contribution < 1.29 is 28.6 Å². The largest absolute Gasteiger partial charge is 0.462 e. The Morgan fingerprint density at radius 3 is 0.704 bits per heavy atom. The van der Waals surface area contributed by atoms with Gasteiger partial charge in [0.05, 0.1) is 0 Å². The SMILES string of the molecule is CCCCCCCCCC/C=C\CCCCCCCCCC(=O)OCC(COC(=O)CCCCCCCCCCCCCCCCC)OC(=O)CCCCCCCCCCCCCCCCCCCCC. The van der Waals surface area contributed by atoms with E-state index in [9.17, 15) is 14.4 Å². The van der Waals surface area contributed by atoms with Crippen LogP contribution in [-0.2, 0) is 28.6 Å². The minimum Gasteiger partial charge on any atom is -0.462 e. The van der Waals surface area contributed by atoms with Crippen LogP contribution in [0.3, 0.4) is 0 Å². The van der Waals surface area contributed by atoms with Gasteiger partial charge in [-0.15, -0.1) is 0 Å². The highest BCUT2D eigenvalue weighted by molar-refractivity contribution is 5.71. The summed E-state index contributed by atoms with van der Waals surface area (Å²) in [6, 6.07) is 0. The number of rotatable bonds is 60. The lowest BCUT2D eigenvalue weighted by atomic mass is 10.0. The third-order valence-electron chi connectivity index (χ3n) is 14.8. The van der Waals surface area contributed by atoms with E-state index in [0.29, 0.717) is 19.3 Å². The lowest BCUT2D eigenvalue weighted by molar-refractivity contribution is -0.167. The topological polar surface area (TPSA) is 78.9 Å². The normalized spacial score (nSPS) is 12.0. The molecule has 0 aromatic carbocycles. The summed E-state index contributed by atoms with van der Waals surface area (Å²) in [5, 5.41) is 0. The van der Waals surface area contributed by atoms with E-state index in [2.05, 4.69) is 32.9 Å². The summed E-state index contributed by atoms with van der Waals surface area (Å²) in [5.41, 5.74) is 0. The van der Waals surface area contributed by atoms with Crippen molar-refractivity contribution >= 4 is 17.9 Å². The minimum atomic E-state index is -0.767. The summed E-state index contributed by atoms with van der Waals surface area (Å²) in [6.07, 6.45) is 70.7. The number of carbonyl (C=O) groups is 3. The van der Waals surface area contributed by atoms with Gasteiger partial charge in [-0.05, 0) is 44.9 Å². The highest BCUT2D eigenvalue weighted by Crippen LogP contribution is 2.18. The van der Waals surface area contributed by atoms with Crippen LogP contribution in [0.4, 0.5) is 0 Å². The van der Waals surface area contributed by atoms with Crippen molar-refractivity contribution in [1.82, 2.24) is 0 Å². The first-order valence-corrected chi connectivity index (χ1v) is 32.2. The molecule has 0 rings (SSSR count). The van der Waals surface area contributed by atoms with Gasteiger partial charge in [0, 0.05) is 19.3 Å². The Bertz CT molecular complexity index is 1100. The van der Waals surface area contributed by atoms with E-state index < -0.39 is 6.10 Å². The Kier molecular flexibility index (Phi) is 59.1. The Hall–Kier alpha value is -1.85. The zero-order valence-corrected chi connectivity index (χ0v) is 48.3. The molecule has 71 heavy (non-hydrogen) atoms. The van der Waals surface area contributed by atoms with Crippen molar-refractivity contribution in [2.75, 3.05) is 13.2 Å². The highest BCUT2D eigenvalue weighted by atomic mass is 16.6. The van der Waals surface area contributed by atoms with E-state index in [-0.39, 0.29) is 31.1 Å². The second-order valence-electron chi connectivity index (χ2n) is 22.0. The number of hydrogen-bond acceptors (Lipinski definition) is 6. The van der Waals surface area contributed by atoms with Crippen LogP contribution in [0, 0.1) is 0 Å². The molecule has 0 saturated carbocycles. The molecular weight excluding hydrogens is 877 g/mol. The number of esters is 3. The monoisotopic (exact) mass is 1000 g/mol. The molecule has 420 valence electrons. The molecule has 0 amide bonds. The molecule has 0 radical (unpaired) electrons. The average Bonchev–Trinajstić information content (AvgIpc) is 3.37. The third kappa shape index (κ3) is 58.9. The van der Waals surface area contributed by atoms with Crippen molar-refractivity contribution in [2.45, 2.75) is 374 Å². The molecule has 0 heterocycles. The summed E-state index contributed by atoms with van der Waals surface area (Å²) >= 11 is 0. The number of allylic oxidation sites excluding steroid dienone is 2. The molecule has 0 spiro atoms. The van der Waals surface area contributed by atoms with E-state index in [1.807, 2.05) is 0 Å². The van der Waals surface area contributed by atoms with Gasteiger partial charge in [-0.2, -0.15) is 0 Å². The van der Waals surface area contributed by atoms with Gasteiger partial charge in [0.2, 0.25) is 0 Å². The zero-order valence-electron chi connectivity index (χ0n) is 48.3. The first kappa shape index (κ1) is 69.2. The van der Waals surface area contributed by atoms with Crippen LogP contribution in [-0.4, -0.2) is 37.2 Å². The summed E-state index contributed by atoms with van der Waals surface area (Å²) < 4.78 is 17.0. The molecule has 6 heteroatoms. The molecular formula is C65H124O6. The number of unbranched alkanes of at least 4 members (excludes halogenated alkanes) is 47. The van der Waals surface area contributed by atoms with Crippen molar-refractivity contribution in [3.8, 4) is 0 Å². The van der Waals surface area contributed by atoms with E-state index in [4.69, 9.17) is 14.2 Å². The van der Waals surface area contributed by atoms with Crippen LogP contribution >= 0.6 is 0 Å². The Morgan fingerprint density at radius 1 is 0.268 bits per heavy atom. The molecule has 0 aromatic heterocycles. The summed E-state index contributed by atoms with van der Waals surface area (Å²) in [7, 11) is 0. The predicted octanol–water partition coefficient (Wildman–Crippen LogP) is 21.7. The predicted molar refractivity (Wildman–Crippen MR) is 307 cm³/mol. The summed E-state index contributed by atoms with van der Waals surface area (Å²) in [5.74, 6) is -0.838. The first-order valence-electron chi connectivity index (χ1n) is 32.2. The summed E-state index contributed by atoms with van der Waals surface area (Å²) in [6.45, 7) is 6.72. The zero-order chi connectivity index (χ0) is 51.4. The molecule has 6 nitrogen and oxygen atoms in total. The Morgan fingerprint density at radius 2 is 0.465 bits per heavy atom. The fourth-order valence-electron chi connectivity index (χ4n) is 9.91. The number of carbonyl (C=O) groups excluding carboxylic acids is 3. The molecule has 0 aliphatic rings. The van der Waals surface area contributed by atoms with Gasteiger partial charge < -0.3 is 14.2 Å². The molecule has 0 aromatic rings. The standard InChI is InChI=1S/C65H124O6/c1-4-7-10-13-16-19-22-25-28-30-32-34-37-40-43-46-49-52-55-58-64(67)70-61-62(60-69-63(66)57-54-51-48-45-42-39-36-27-24-21-18-15-12-9-6-3)71-65(68)59-56-53-50-47-44-41-38-35-33-31-29-26-23-20-17-14-11-8-5-2/h30,32,62H,4-29,31,33-61H2,1-3H3/b32-30-. The van der Waals surface area contributed by atoms with Crippen LogP contribution in [0.2, 0.25) is 0 Å². The lowest BCUT2D eigenvalue weighted by Gasteiger charge is -2.18. The van der Waals surface area contributed by atoms with Crippen LogP contribution in [0.1, 0.15) is 367 Å². The Balaban J connectivity index is 4.30. The number of ether oxygens (including phenoxy) is 3. The maximum absolute atomic E-state index is 12.9. The van der Waals surface area contributed by atoms with E-state index in [1.165, 1.54) is 270 Å². The van der Waals surface area contributed by atoms with Crippen molar-refractivity contribution in [3.05, 3.63) is 12.2 Å². The van der Waals surface area contributed by atoms with Crippen LogP contribution in [0.5, 0.6) is 0 Å². The molecule has 0 aliphatic carbocycles. The third-order valence-corrected chi connectivity index (χ3v) is 14.8. The van der Waals surface area contributed by atoms with Gasteiger partial charge in [-0.25, -0.2) is 0 Å². The Labute approximate surface area is 443 Å². The maximum Gasteiger partial charge on any atom is 0.306 e. The van der Waals surface area contributed by atoms with Gasteiger partial charge in [0.1, 0.15) is 13.2 Å². The van der Waals surface area contributed by atoms with Gasteiger partial charge in [-0.3, -0.25) is 14.4 Å². The van der Waals surface area contributed by atoms with E-state index in [1.54, 1.807) is 0 Å².